The van der Waals surface area contributed by atoms with Crippen LogP contribution in [0.1, 0.15) is 15.9 Å². The number of hydrogen-bond donors (Lipinski definition) is 2. The molecule has 0 aliphatic heterocycles. The van der Waals surface area contributed by atoms with Crippen molar-refractivity contribution in [1.29, 1.82) is 5.26 Å². The number of rotatable bonds is 3. The molecule has 2 aromatic rings. The first kappa shape index (κ1) is 15.6. The summed E-state index contributed by atoms with van der Waals surface area (Å²) in [7, 11) is 0. The molecule has 0 aromatic heterocycles. The lowest BCUT2D eigenvalue weighted by atomic mass is 10.0. The van der Waals surface area contributed by atoms with Crippen molar-refractivity contribution in [2.24, 2.45) is 4.99 Å². The molecular formula is C16H13N3O2S. The predicted octanol–water partition coefficient (Wildman–Crippen LogP) is 3.04. The summed E-state index contributed by atoms with van der Waals surface area (Å²) in [6, 6.07) is 12.9. The van der Waals surface area contributed by atoms with Crippen molar-refractivity contribution in [2.45, 2.75) is 0 Å². The lowest BCUT2D eigenvalue weighted by Gasteiger charge is -2.03. The minimum absolute atomic E-state index is 0.121. The lowest BCUT2D eigenvalue weighted by Crippen LogP contribution is -2.12. The number of aromatic hydroxyl groups is 1. The minimum Gasteiger partial charge on any atom is -0.508 e. The van der Waals surface area contributed by atoms with Crippen molar-refractivity contribution < 1.29 is 9.90 Å². The topological polar surface area (TPSA) is 85.5 Å². The van der Waals surface area contributed by atoms with E-state index >= 15 is 0 Å². The van der Waals surface area contributed by atoms with Gasteiger partial charge in [-0.25, -0.2) is 4.99 Å². The standard InChI is InChI=1S/C16H13N3O2S/c1-22-16(18-10-17)19-13-6-2-11(3-7-13)15(21)12-4-8-14(20)9-5-12/h2-9,20H,1H3,(H,18,19). The summed E-state index contributed by atoms with van der Waals surface area (Å²) in [4.78, 5) is 16.5. The first-order valence-electron chi connectivity index (χ1n) is 6.35. The van der Waals surface area contributed by atoms with E-state index in [2.05, 4.69) is 10.3 Å². The Kier molecular flexibility index (Phi) is 5.17. The summed E-state index contributed by atoms with van der Waals surface area (Å²) in [5.74, 6) is -0.00778. The summed E-state index contributed by atoms with van der Waals surface area (Å²) in [6.07, 6.45) is 3.63. The van der Waals surface area contributed by atoms with Gasteiger partial charge in [0.15, 0.2) is 17.1 Å². The number of nitrogens with zero attached hydrogens (tertiary/aromatic N) is 2. The summed E-state index contributed by atoms with van der Waals surface area (Å²) in [5.41, 5.74) is 1.68. The summed E-state index contributed by atoms with van der Waals surface area (Å²) < 4.78 is 0. The van der Waals surface area contributed by atoms with Gasteiger partial charge in [-0.2, -0.15) is 5.26 Å². The average Bonchev–Trinajstić information content (AvgIpc) is 2.55. The number of amidine groups is 1. The average molecular weight is 311 g/mol. The van der Waals surface area contributed by atoms with E-state index in [0.717, 1.165) is 0 Å². The first-order valence-corrected chi connectivity index (χ1v) is 7.58. The van der Waals surface area contributed by atoms with Gasteiger partial charge in [0.05, 0.1) is 5.69 Å². The number of thioether (sulfide) groups is 1. The van der Waals surface area contributed by atoms with Crippen molar-refractivity contribution in [3.05, 3.63) is 59.7 Å². The van der Waals surface area contributed by atoms with Crippen LogP contribution in [0.2, 0.25) is 0 Å². The molecular weight excluding hydrogens is 298 g/mol. The normalized spacial score (nSPS) is 10.8. The zero-order valence-corrected chi connectivity index (χ0v) is 12.6. The maximum absolute atomic E-state index is 12.3. The van der Waals surface area contributed by atoms with Gasteiger partial charge in [-0.15, -0.1) is 0 Å². The van der Waals surface area contributed by atoms with E-state index in [9.17, 15) is 9.90 Å². The monoisotopic (exact) mass is 311 g/mol. The van der Waals surface area contributed by atoms with E-state index < -0.39 is 0 Å². The molecule has 0 unspecified atom stereocenters. The van der Waals surface area contributed by atoms with Crippen LogP contribution in [-0.2, 0) is 0 Å². The van der Waals surface area contributed by atoms with E-state index in [-0.39, 0.29) is 11.5 Å². The highest BCUT2D eigenvalue weighted by Crippen LogP contribution is 2.18. The number of nitrogens with one attached hydrogen (secondary N) is 1. The third-order valence-corrected chi connectivity index (χ3v) is 3.43. The Morgan fingerprint density at radius 1 is 1.14 bits per heavy atom. The molecule has 22 heavy (non-hydrogen) atoms. The van der Waals surface area contributed by atoms with Gasteiger partial charge in [0.2, 0.25) is 0 Å². The fourth-order valence-corrected chi connectivity index (χ4v) is 2.10. The van der Waals surface area contributed by atoms with Gasteiger partial charge in [-0.3, -0.25) is 10.1 Å². The molecule has 2 aromatic carbocycles. The SMILES string of the molecule is CSC(=Nc1ccc(C(=O)c2ccc(O)cc2)cc1)NC#N. The fraction of sp³-hybridized carbons (Fsp3) is 0.0625. The highest BCUT2D eigenvalue weighted by molar-refractivity contribution is 8.13. The van der Waals surface area contributed by atoms with E-state index in [1.165, 1.54) is 23.9 Å². The molecule has 0 aliphatic rings. The third-order valence-electron chi connectivity index (χ3n) is 2.85. The Morgan fingerprint density at radius 3 is 2.18 bits per heavy atom. The molecule has 2 N–H and O–H groups in total. The molecule has 0 radical (unpaired) electrons. The summed E-state index contributed by atoms with van der Waals surface area (Å²) >= 11 is 1.32. The molecule has 0 atom stereocenters. The lowest BCUT2D eigenvalue weighted by molar-refractivity contribution is 0.103. The second kappa shape index (κ2) is 7.29. The number of ketones is 1. The molecule has 2 rings (SSSR count). The number of hydrogen-bond acceptors (Lipinski definition) is 5. The largest absolute Gasteiger partial charge is 0.508 e. The van der Waals surface area contributed by atoms with Crippen LogP contribution in [0.4, 0.5) is 5.69 Å². The molecule has 0 aliphatic carbocycles. The smallest absolute Gasteiger partial charge is 0.193 e. The minimum atomic E-state index is -0.129. The summed E-state index contributed by atoms with van der Waals surface area (Å²) in [6.45, 7) is 0. The van der Waals surface area contributed by atoms with E-state index in [1.807, 2.05) is 12.4 Å². The number of aliphatic imine (C=N–C) groups is 1. The number of carbonyl (C=O) groups is 1. The second-order valence-electron chi connectivity index (χ2n) is 4.28. The predicted molar refractivity (Wildman–Crippen MR) is 87.3 cm³/mol. The Labute approximate surface area is 132 Å². The van der Waals surface area contributed by atoms with Gasteiger partial charge >= 0.3 is 0 Å². The Balaban J connectivity index is 2.20. The second-order valence-corrected chi connectivity index (χ2v) is 5.08. The first-order chi connectivity index (χ1) is 10.6. The molecule has 5 nitrogen and oxygen atoms in total. The molecule has 0 heterocycles. The molecule has 0 fully saturated rings. The molecule has 0 saturated carbocycles. The number of phenols is 1. The molecule has 0 saturated heterocycles. The zero-order chi connectivity index (χ0) is 15.9. The molecule has 0 bridgehead atoms. The van der Waals surface area contributed by atoms with Crippen LogP contribution in [0.5, 0.6) is 5.75 Å². The zero-order valence-electron chi connectivity index (χ0n) is 11.8. The van der Waals surface area contributed by atoms with Crippen molar-refractivity contribution in [2.75, 3.05) is 6.26 Å². The quantitative estimate of drug-likeness (QED) is 0.299. The molecule has 110 valence electrons. The van der Waals surface area contributed by atoms with Crippen LogP contribution in [0.3, 0.4) is 0 Å². The van der Waals surface area contributed by atoms with Crippen LogP contribution in [0, 0.1) is 11.5 Å². The summed E-state index contributed by atoms with van der Waals surface area (Å²) in [5, 5.41) is 20.8. The molecule has 0 spiro atoms. The van der Waals surface area contributed by atoms with Crippen LogP contribution in [-0.4, -0.2) is 22.3 Å². The Morgan fingerprint density at radius 2 is 1.68 bits per heavy atom. The van der Waals surface area contributed by atoms with Gasteiger partial charge in [-0.05, 0) is 54.8 Å². The number of nitriles is 1. The van der Waals surface area contributed by atoms with E-state index in [4.69, 9.17) is 5.26 Å². The Bertz CT molecular complexity index is 731. The van der Waals surface area contributed by atoms with Crippen molar-refractivity contribution in [3.8, 4) is 11.9 Å². The van der Waals surface area contributed by atoms with Crippen molar-refractivity contribution >= 4 is 28.4 Å². The highest BCUT2D eigenvalue weighted by atomic mass is 32.2. The van der Waals surface area contributed by atoms with Gasteiger partial charge in [0.1, 0.15) is 5.75 Å². The van der Waals surface area contributed by atoms with Crippen LogP contribution >= 0.6 is 11.8 Å². The maximum Gasteiger partial charge on any atom is 0.193 e. The molecule has 0 amide bonds. The van der Waals surface area contributed by atoms with Crippen LogP contribution in [0.25, 0.3) is 0 Å². The number of benzene rings is 2. The van der Waals surface area contributed by atoms with Gasteiger partial charge in [0, 0.05) is 11.1 Å². The number of carbonyl (C=O) groups excluding carboxylic acids is 1. The van der Waals surface area contributed by atoms with Crippen LogP contribution in [0.15, 0.2) is 53.5 Å². The Hall–Kier alpha value is -2.78. The highest BCUT2D eigenvalue weighted by Gasteiger charge is 2.08. The van der Waals surface area contributed by atoms with Crippen LogP contribution < -0.4 is 5.32 Å². The van der Waals surface area contributed by atoms with Crippen molar-refractivity contribution in [1.82, 2.24) is 5.32 Å². The third kappa shape index (κ3) is 3.87. The van der Waals surface area contributed by atoms with Gasteiger partial charge in [-0.1, -0.05) is 11.8 Å². The maximum atomic E-state index is 12.3. The van der Waals surface area contributed by atoms with Gasteiger partial charge < -0.3 is 5.11 Å². The molecule has 6 heteroatoms. The van der Waals surface area contributed by atoms with Crippen molar-refractivity contribution in [3.63, 3.8) is 0 Å². The van der Waals surface area contributed by atoms with E-state index in [0.29, 0.717) is 22.0 Å². The number of phenolic OH excluding ortho intramolecular Hbond substituents is 1. The fourth-order valence-electron chi connectivity index (χ4n) is 1.76. The van der Waals surface area contributed by atoms with Gasteiger partial charge in [0.25, 0.3) is 0 Å². The van der Waals surface area contributed by atoms with E-state index in [1.54, 1.807) is 36.4 Å².